The molecule has 72 valence electrons. The summed E-state index contributed by atoms with van der Waals surface area (Å²) in [5.41, 5.74) is 0. The first-order valence-electron chi connectivity index (χ1n) is 4.71. The fraction of sp³-hybridized carbons (Fsp3) is 0.800. The summed E-state index contributed by atoms with van der Waals surface area (Å²) in [7, 11) is 2.83. The Bertz CT molecular complexity index is 194. The van der Waals surface area contributed by atoms with Gasteiger partial charge >= 0.3 is 0 Å². The van der Waals surface area contributed by atoms with Crippen LogP contribution in [0.2, 0.25) is 0 Å². The molecule has 0 amide bonds. The summed E-state index contributed by atoms with van der Waals surface area (Å²) in [5, 5.41) is 17.1. The van der Waals surface area contributed by atoms with Gasteiger partial charge in [0.25, 0.3) is 0 Å². The topological polar surface area (TPSA) is 47.6 Å². The van der Waals surface area contributed by atoms with Crippen molar-refractivity contribution in [1.82, 2.24) is 0 Å². The zero-order valence-corrected chi connectivity index (χ0v) is 9.37. The Morgan fingerprint density at radius 1 is 1.08 bits per heavy atom. The molecule has 0 aromatic carbocycles. The Morgan fingerprint density at radius 3 is 1.85 bits per heavy atom. The Morgan fingerprint density at radius 2 is 1.54 bits per heavy atom. The van der Waals surface area contributed by atoms with Crippen LogP contribution in [0.1, 0.15) is 45.4 Å². The van der Waals surface area contributed by atoms with E-state index in [2.05, 4.69) is 28.3 Å². The van der Waals surface area contributed by atoms with Gasteiger partial charge < -0.3 is 0 Å². The third-order valence-electron chi connectivity index (χ3n) is 2.22. The average Bonchev–Trinajstić information content (AvgIpc) is 2.12. The molecule has 0 aliphatic heterocycles. The number of hydrogen-bond donors (Lipinski definition) is 0. The molecule has 0 bridgehead atoms. The summed E-state index contributed by atoms with van der Waals surface area (Å²) in [4.78, 5) is 0. The van der Waals surface area contributed by atoms with E-state index in [9.17, 15) is 0 Å². The molecule has 0 fully saturated rings. The van der Waals surface area contributed by atoms with Crippen LogP contribution in [0, 0.1) is 22.7 Å². The molecule has 0 aliphatic carbocycles. The Balaban J connectivity index is 4.02. The summed E-state index contributed by atoms with van der Waals surface area (Å²) >= 11 is 0. The zero-order chi connectivity index (χ0) is 10.2. The molecule has 0 saturated heterocycles. The van der Waals surface area contributed by atoms with Gasteiger partial charge in [0.1, 0.15) is 0 Å². The van der Waals surface area contributed by atoms with Gasteiger partial charge in [-0.15, -0.1) is 9.24 Å². The van der Waals surface area contributed by atoms with Gasteiger partial charge in [-0.25, -0.2) is 0 Å². The van der Waals surface area contributed by atoms with Gasteiger partial charge in [0.05, 0.1) is 12.1 Å². The van der Waals surface area contributed by atoms with Gasteiger partial charge in [0.2, 0.25) is 0 Å². The fourth-order valence-electron chi connectivity index (χ4n) is 1.48. The van der Waals surface area contributed by atoms with Gasteiger partial charge in [0, 0.05) is 12.8 Å². The normalized spacial score (nSPS) is 10.5. The van der Waals surface area contributed by atoms with Crippen LogP contribution < -0.4 is 0 Å². The lowest BCUT2D eigenvalue weighted by molar-refractivity contribution is 0.473. The van der Waals surface area contributed by atoms with Crippen molar-refractivity contribution in [2.75, 3.05) is 0 Å². The quantitative estimate of drug-likeness (QED) is 0.613. The van der Waals surface area contributed by atoms with Crippen molar-refractivity contribution in [3.63, 3.8) is 0 Å². The van der Waals surface area contributed by atoms with E-state index in [1.165, 1.54) is 0 Å². The number of nitriles is 2. The molecule has 0 aromatic rings. The van der Waals surface area contributed by atoms with Crippen molar-refractivity contribution >= 4 is 9.24 Å². The molecule has 0 aromatic heterocycles. The lowest BCUT2D eigenvalue weighted by atomic mass is 9.92. The predicted octanol–water partition coefficient (Wildman–Crippen LogP) is 3.01. The summed E-state index contributed by atoms with van der Waals surface area (Å²) < 4.78 is 0. The van der Waals surface area contributed by atoms with Gasteiger partial charge in [-0.1, -0.05) is 13.3 Å². The molecule has 0 radical (unpaired) electrons. The smallest absolute Gasteiger partial charge is 0.0622 e. The summed E-state index contributed by atoms with van der Waals surface area (Å²) in [6.07, 6.45) is 5.17. The first kappa shape index (κ1) is 12.4. The van der Waals surface area contributed by atoms with E-state index in [0.717, 1.165) is 25.7 Å². The average molecular weight is 196 g/mol. The maximum absolute atomic E-state index is 8.50. The van der Waals surface area contributed by atoms with E-state index in [1.807, 2.05) is 0 Å². The minimum Gasteiger partial charge on any atom is -0.198 e. The molecule has 0 spiro atoms. The van der Waals surface area contributed by atoms with Crippen molar-refractivity contribution in [2.24, 2.45) is 0 Å². The molecular weight excluding hydrogens is 179 g/mol. The minimum atomic E-state index is 0.125. The van der Waals surface area contributed by atoms with Gasteiger partial charge in [-0.3, -0.25) is 0 Å². The van der Waals surface area contributed by atoms with Crippen LogP contribution in [0.4, 0.5) is 0 Å². The second-order valence-corrected chi connectivity index (χ2v) is 4.65. The number of hydrogen-bond acceptors (Lipinski definition) is 2. The molecule has 0 heterocycles. The van der Waals surface area contributed by atoms with Crippen LogP contribution >= 0.6 is 9.24 Å². The van der Waals surface area contributed by atoms with Crippen molar-refractivity contribution in [3.8, 4) is 12.1 Å². The molecule has 13 heavy (non-hydrogen) atoms. The Hall–Kier alpha value is -0.590. The number of rotatable bonds is 6. The molecule has 1 unspecified atom stereocenters. The highest BCUT2D eigenvalue weighted by molar-refractivity contribution is 7.19. The molecule has 2 nitrogen and oxygen atoms in total. The van der Waals surface area contributed by atoms with Crippen molar-refractivity contribution in [1.29, 1.82) is 10.5 Å². The Kier molecular flexibility index (Phi) is 6.56. The predicted molar refractivity (Wildman–Crippen MR) is 57.0 cm³/mol. The van der Waals surface area contributed by atoms with E-state index in [1.54, 1.807) is 0 Å². The van der Waals surface area contributed by atoms with Crippen LogP contribution in [-0.2, 0) is 0 Å². The van der Waals surface area contributed by atoms with E-state index < -0.39 is 0 Å². The monoisotopic (exact) mass is 196 g/mol. The van der Waals surface area contributed by atoms with E-state index >= 15 is 0 Å². The van der Waals surface area contributed by atoms with Crippen molar-refractivity contribution in [3.05, 3.63) is 0 Å². The third-order valence-corrected chi connectivity index (χ3v) is 3.08. The van der Waals surface area contributed by atoms with E-state index in [-0.39, 0.29) is 5.16 Å². The lowest BCUT2D eigenvalue weighted by Gasteiger charge is -2.27. The van der Waals surface area contributed by atoms with E-state index in [4.69, 9.17) is 10.5 Å². The summed E-state index contributed by atoms with van der Waals surface area (Å²) in [6.45, 7) is 2.14. The molecular formula is C10H17N2P. The molecule has 0 rings (SSSR count). The van der Waals surface area contributed by atoms with Crippen LogP contribution in [-0.4, -0.2) is 5.16 Å². The lowest BCUT2D eigenvalue weighted by Crippen LogP contribution is -2.19. The van der Waals surface area contributed by atoms with Crippen LogP contribution in [0.3, 0.4) is 0 Å². The van der Waals surface area contributed by atoms with Crippen LogP contribution in [0.15, 0.2) is 0 Å². The highest BCUT2D eigenvalue weighted by Crippen LogP contribution is 2.34. The van der Waals surface area contributed by atoms with Crippen molar-refractivity contribution in [2.45, 2.75) is 50.6 Å². The zero-order valence-electron chi connectivity index (χ0n) is 8.21. The second kappa shape index (κ2) is 6.88. The second-order valence-electron chi connectivity index (χ2n) is 3.43. The largest absolute Gasteiger partial charge is 0.198 e. The Labute approximate surface area is 83.1 Å². The highest BCUT2D eigenvalue weighted by Gasteiger charge is 2.22. The van der Waals surface area contributed by atoms with E-state index in [0.29, 0.717) is 12.8 Å². The highest BCUT2D eigenvalue weighted by atomic mass is 31.0. The molecule has 0 saturated carbocycles. The maximum Gasteiger partial charge on any atom is 0.0622 e. The molecule has 1 atom stereocenters. The van der Waals surface area contributed by atoms with Gasteiger partial charge in [0.15, 0.2) is 0 Å². The van der Waals surface area contributed by atoms with Crippen molar-refractivity contribution < 1.29 is 0 Å². The van der Waals surface area contributed by atoms with Gasteiger partial charge in [-0.2, -0.15) is 10.5 Å². The summed E-state index contributed by atoms with van der Waals surface area (Å²) in [6, 6.07) is 4.32. The first-order chi connectivity index (χ1) is 6.18. The van der Waals surface area contributed by atoms with Gasteiger partial charge in [-0.05, 0) is 24.4 Å². The van der Waals surface area contributed by atoms with Crippen LogP contribution in [0.25, 0.3) is 0 Å². The number of nitrogens with zero attached hydrogens (tertiary/aromatic N) is 2. The molecule has 3 heteroatoms. The van der Waals surface area contributed by atoms with Crippen LogP contribution in [0.5, 0.6) is 0 Å². The molecule has 0 N–H and O–H groups in total. The fourth-order valence-corrected chi connectivity index (χ4v) is 2.06. The first-order valence-corrected chi connectivity index (χ1v) is 5.29. The standard InChI is InChI=1S/C10H17N2P/c1-2-5-10(13,6-3-8-11)7-4-9-12/h2-7,13H2,1H3. The summed E-state index contributed by atoms with van der Waals surface area (Å²) in [5.74, 6) is 0. The minimum absolute atomic E-state index is 0.125. The SMILES string of the molecule is CCCC(P)(CCC#N)CCC#N. The molecule has 0 aliphatic rings. The maximum atomic E-state index is 8.50. The third kappa shape index (κ3) is 5.62.